The van der Waals surface area contributed by atoms with Gasteiger partial charge in [-0.05, 0) is 67.4 Å². The number of halogens is 2. The molecule has 3 heterocycles. The number of aromatic carboxylic acids is 1. The van der Waals surface area contributed by atoms with Crippen LogP contribution in [0.1, 0.15) is 56.3 Å². The van der Waals surface area contributed by atoms with Gasteiger partial charge in [0.15, 0.2) is 0 Å². The minimum Gasteiger partial charge on any atom is -0.478 e. The highest BCUT2D eigenvalue weighted by molar-refractivity contribution is 5.92. The molecule has 1 aromatic carbocycles. The van der Waals surface area contributed by atoms with Crippen molar-refractivity contribution in [3.05, 3.63) is 71.6 Å². The van der Waals surface area contributed by atoms with Gasteiger partial charge < -0.3 is 19.7 Å². The van der Waals surface area contributed by atoms with Crippen molar-refractivity contribution in [2.45, 2.75) is 52.4 Å². The van der Waals surface area contributed by atoms with Crippen LogP contribution in [0.3, 0.4) is 0 Å². The second-order valence-corrected chi connectivity index (χ2v) is 11.9. The number of nitrogens with one attached hydrogen (secondary N) is 1. The van der Waals surface area contributed by atoms with E-state index in [0.29, 0.717) is 18.6 Å². The van der Waals surface area contributed by atoms with E-state index < -0.39 is 12.4 Å². The number of piperazine rings is 1. The molecule has 0 unspecified atom stereocenters. The first-order valence-corrected chi connectivity index (χ1v) is 14.2. The number of fused-ring (bicyclic) bond motifs is 1. The Bertz CT molecular complexity index is 1450. The Morgan fingerprint density at radius 1 is 1.17 bits per heavy atom. The zero-order valence-electron chi connectivity index (χ0n) is 23.8. The maximum Gasteiger partial charge on any atom is 0.339 e. The number of carboxylic acids is 1. The van der Waals surface area contributed by atoms with E-state index in [-0.39, 0.29) is 22.3 Å². The molecular formula is C32H38F2N4O3. The summed E-state index contributed by atoms with van der Waals surface area (Å²) in [4.78, 5) is 24.0. The lowest BCUT2D eigenvalue weighted by Gasteiger charge is -2.39. The second kappa shape index (κ2) is 12.0. The van der Waals surface area contributed by atoms with Gasteiger partial charge in [0.05, 0.1) is 6.20 Å². The number of anilines is 1. The van der Waals surface area contributed by atoms with Crippen molar-refractivity contribution in [3.63, 3.8) is 0 Å². The van der Waals surface area contributed by atoms with E-state index in [1.54, 1.807) is 24.5 Å². The van der Waals surface area contributed by atoms with Crippen LogP contribution < -0.4 is 9.64 Å². The first kappa shape index (κ1) is 28.8. The normalized spacial score (nSPS) is 17.8. The third-order valence-corrected chi connectivity index (χ3v) is 8.30. The molecule has 41 heavy (non-hydrogen) atoms. The van der Waals surface area contributed by atoms with E-state index in [1.807, 2.05) is 18.2 Å². The Balaban J connectivity index is 1.26. The summed E-state index contributed by atoms with van der Waals surface area (Å²) in [7, 11) is 0. The predicted molar refractivity (Wildman–Crippen MR) is 157 cm³/mol. The van der Waals surface area contributed by atoms with Crippen molar-refractivity contribution in [1.29, 1.82) is 0 Å². The monoisotopic (exact) mass is 564 g/mol. The minimum atomic E-state index is -2.46. The fraction of sp³-hybridized carbons (Fsp3) is 0.438. The van der Waals surface area contributed by atoms with Crippen LogP contribution in [0.5, 0.6) is 11.5 Å². The predicted octanol–water partition coefficient (Wildman–Crippen LogP) is 7.28. The molecule has 0 amide bonds. The Hall–Kier alpha value is -3.72. The minimum absolute atomic E-state index is 0.0207. The molecule has 0 radical (unpaired) electrons. The fourth-order valence-electron chi connectivity index (χ4n) is 5.84. The van der Waals surface area contributed by atoms with E-state index in [0.717, 1.165) is 68.7 Å². The van der Waals surface area contributed by atoms with Crippen LogP contribution in [0.25, 0.3) is 11.0 Å². The average Bonchev–Trinajstić information content (AvgIpc) is 3.41. The number of H-pyrrole nitrogens is 1. The first-order chi connectivity index (χ1) is 19.6. The summed E-state index contributed by atoms with van der Waals surface area (Å²) >= 11 is 0. The highest BCUT2D eigenvalue weighted by Crippen LogP contribution is 2.41. The molecule has 1 saturated heterocycles. The summed E-state index contributed by atoms with van der Waals surface area (Å²) in [6.45, 7) is 12.2. The molecule has 2 aromatic heterocycles. The van der Waals surface area contributed by atoms with Crippen LogP contribution in [0.15, 0.2) is 66.0 Å². The molecule has 7 nitrogen and oxygen atoms in total. The van der Waals surface area contributed by atoms with Gasteiger partial charge in [-0.1, -0.05) is 31.6 Å². The number of benzene rings is 1. The van der Waals surface area contributed by atoms with Crippen molar-refractivity contribution in [2.75, 3.05) is 37.6 Å². The fourth-order valence-corrected chi connectivity index (χ4v) is 5.84. The third-order valence-electron chi connectivity index (χ3n) is 8.30. The zero-order valence-corrected chi connectivity index (χ0v) is 23.8. The second-order valence-electron chi connectivity index (χ2n) is 11.9. The topological polar surface area (TPSA) is 81.7 Å². The standard InChI is InChI=1S/C32H38F2N4O3/c1-21(29(33)34)4-5-23-18-32(2,3)10-8-24(23)20-37-12-14-38(15-13-37)25-6-7-27(31(39)40)28(17-25)41-26-16-22-9-11-35-30(22)36-19-26/h6-7,9,11,16-17,19,29H,1,4-5,8,10,12-15,18,20H2,2-3H3,(H,35,36)(H,39,40). The number of aromatic nitrogens is 2. The molecule has 3 aromatic rings. The van der Waals surface area contributed by atoms with Gasteiger partial charge in [0.1, 0.15) is 22.7 Å². The van der Waals surface area contributed by atoms with Gasteiger partial charge in [0.2, 0.25) is 0 Å². The van der Waals surface area contributed by atoms with Gasteiger partial charge in [0.25, 0.3) is 6.43 Å². The van der Waals surface area contributed by atoms with Crippen molar-refractivity contribution < 1.29 is 23.4 Å². The van der Waals surface area contributed by atoms with Crippen LogP contribution in [0.2, 0.25) is 0 Å². The van der Waals surface area contributed by atoms with E-state index in [9.17, 15) is 18.7 Å². The summed E-state index contributed by atoms with van der Waals surface area (Å²) in [6.07, 6.45) is 4.97. The molecule has 1 aliphatic carbocycles. The number of rotatable bonds is 10. The molecule has 0 atom stereocenters. The Kier molecular flexibility index (Phi) is 8.45. The number of hydrogen-bond acceptors (Lipinski definition) is 5. The summed E-state index contributed by atoms with van der Waals surface area (Å²) in [5.41, 5.74) is 4.67. The van der Waals surface area contributed by atoms with E-state index in [2.05, 4.69) is 40.2 Å². The molecule has 0 bridgehead atoms. The number of alkyl halides is 2. The number of carbonyl (C=O) groups is 1. The lowest BCUT2D eigenvalue weighted by atomic mass is 9.73. The highest BCUT2D eigenvalue weighted by Gasteiger charge is 2.29. The number of allylic oxidation sites excluding steroid dienone is 2. The quantitative estimate of drug-likeness (QED) is 0.252. The van der Waals surface area contributed by atoms with E-state index >= 15 is 0 Å². The van der Waals surface area contributed by atoms with E-state index in [4.69, 9.17) is 4.74 Å². The smallest absolute Gasteiger partial charge is 0.339 e. The Morgan fingerprint density at radius 2 is 1.95 bits per heavy atom. The number of nitrogens with zero attached hydrogens (tertiary/aromatic N) is 3. The number of carboxylic acid groups (broad SMARTS) is 1. The van der Waals surface area contributed by atoms with E-state index in [1.165, 1.54) is 11.1 Å². The zero-order chi connectivity index (χ0) is 29.1. The van der Waals surface area contributed by atoms with Gasteiger partial charge in [-0.2, -0.15) is 0 Å². The molecule has 5 rings (SSSR count). The van der Waals surface area contributed by atoms with Crippen molar-refractivity contribution >= 4 is 22.7 Å². The van der Waals surface area contributed by atoms with Crippen LogP contribution >= 0.6 is 0 Å². The summed E-state index contributed by atoms with van der Waals surface area (Å²) in [6, 6.07) is 8.93. The van der Waals surface area contributed by atoms with Crippen molar-refractivity contribution in [2.24, 2.45) is 5.41 Å². The molecule has 9 heteroatoms. The van der Waals surface area contributed by atoms with Gasteiger partial charge in [-0.3, -0.25) is 4.90 Å². The summed E-state index contributed by atoms with van der Waals surface area (Å²) < 4.78 is 32.1. The largest absolute Gasteiger partial charge is 0.478 e. The maximum absolute atomic E-state index is 13.1. The lowest BCUT2D eigenvalue weighted by Crippen LogP contribution is -2.47. The SMILES string of the molecule is C=C(CCC1=C(CN2CCN(c3ccc(C(=O)O)c(Oc4cnc5[nH]ccc5c4)c3)CC2)CCC(C)(C)C1)C(F)F. The van der Waals surface area contributed by atoms with Crippen molar-refractivity contribution in [3.8, 4) is 11.5 Å². The van der Waals surface area contributed by atoms with Gasteiger partial charge in [-0.25, -0.2) is 18.6 Å². The molecule has 1 fully saturated rings. The Morgan fingerprint density at radius 3 is 2.68 bits per heavy atom. The maximum atomic E-state index is 13.1. The number of pyridine rings is 1. The van der Waals surface area contributed by atoms with Crippen LogP contribution in [-0.4, -0.2) is 65.1 Å². The molecule has 2 N–H and O–H groups in total. The van der Waals surface area contributed by atoms with Gasteiger partial charge in [-0.15, -0.1) is 0 Å². The molecule has 2 aliphatic rings. The van der Waals surface area contributed by atoms with Crippen LogP contribution in [0.4, 0.5) is 14.5 Å². The molecule has 0 saturated carbocycles. The third kappa shape index (κ3) is 6.96. The molecule has 0 spiro atoms. The molecular weight excluding hydrogens is 526 g/mol. The number of hydrogen-bond donors (Lipinski definition) is 2. The first-order valence-electron chi connectivity index (χ1n) is 14.2. The highest BCUT2D eigenvalue weighted by atomic mass is 19.3. The Labute approximate surface area is 239 Å². The number of aromatic amines is 1. The van der Waals surface area contributed by atoms with Crippen LogP contribution in [0, 0.1) is 5.41 Å². The van der Waals surface area contributed by atoms with Crippen molar-refractivity contribution in [1.82, 2.24) is 14.9 Å². The lowest BCUT2D eigenvalue weighted by molar-refractivity contribution is 0.0694. The van der Waals surface area contributed by atoms with Gasteiger partial charge >= 0.3 is 5.97 Å². The summed E-state index contributed by atoms with van der Waals surface area (Å²) in [5.74, 6) is -0.304. The molecule has 218 valence electrons. The van der Waals surface area contributed by atoms with Gasteiger partial charge in [0, 0.05) is 56.1 Å². The summed E-state index contributed by atoms with van der Waals surface area (Å²) in [5, 5.41) is 10.6. The molecule has 1 aliphatic heterocycles. The number of ether oxygens (including phenoxy) is 1. The average molecular weight is 565 g/mol. The van der Waals surface area contributed by atoms with Crippen LogP contribution in [-0.2, 0) is 0 Å².